The smallest absolute Gasteiger partial charge is 0.243 e. The van der Waals surface area contributed by atoms with Gasteiger partial charge in [0.25, 0.3) is 0 Å². The fourth-order valence-electron chi connectivity index (χ4n) is 2.27. The van der Waals surface area contributed by atoms with Crippen molar-refractivity contribution in [1.82, 2.24) is 9.62 Å². The maximum Gasteiger partial charge on any atom is 0.243 e. The first kappa shape index (κ1) is 23.7. The van der Waals surface area contributed by atoms with Crippen LogP contribution in [0.1, 0.15) is 34.1 Å². The normalized spacial score (nSPS) is 11.8. The minimum Gasteiger partial charge on any atom is -0.492 e. The van der Waals surface area contributed by atoms with Crippen molar-refractivity contribution in [2.75, 3.05) is 32.8 Å². The summed E-state index contributed by atoms with van der Waals surface area (Å²) in [5.74, 6) is 0.0598. The van der Waals surface area contributed by atoms with Gasteiger partial charge in [-0.3, -0.25) is 4.79 Å². The Morgan fingerprint density at radius 2 is 2.00 bits per heavy atom. The highest BCUT2D eigenvalue weighted by Crippen LogP contribution is 2.28. The lowest BCUT2D eigenvalue weighted by Gasteiger charge is -2.20. The Hall–Kier alpha value is -1.35. The van der Waals surface area contributed by atoms with Crippen LogP contribution in [0, 0.1) is 0 Å². The van der Waals surface area contributed by atoms with Gasteiger partial charge in [0, 0.05) is 19.7 Å². The number of nitrogens with zero attached hydrogens (tertiary/aromatic N) is 1. The summed E-state index contributed by atoms with van der Waals surface area (Å²) < 4.78 is 37.4. The van der Waals surface area contributed by atoms with Crippen LogP contribution >= 0.6 is 11.6 Å². The van der Waals surface area contributed by atoms with E-state index in [9.17, 15) is 13.2 Å². The molecule has 0 bridgehead atoms. The molecule has 0 atom stereocenters. The Bertz CT molecular complexity index is 710. The highest BCUT2D eigenvalue weighted by atomic mass is 35.5. The largest absolute Gasteiger partial charge is 0.492 e. The summed E-state index contributed by atoms with van der Waals surface area (Å²) in [6, 6.07) is 4.28. The first-order chi connectivity index (χ1) is 12.7. The van der Waals surface area contributed by atoms with E-state index in [1.54, 1.807) is 6.92 Å². The third-order valence-corrected chi connectivity index (χ3v) is 5.82. The Morgan fingerprint density at radius 3 is 2.56 bits per heavy atom. The van der Waals surface area contributed by atoms with Crippen molar-refractivity contribution in [2.24, 2.45) is 0 Å². The van der Waals surface area contributed by atoms with Crippen molar-refractivity contribution in [2.45, 2.75) is 45.1 Å². The van der Waals surface area contributed by atoms with Gasteiger partial charge in [0.2, 0.25) is 15.9 Å². The van der Waals surface area contributed by atoms with Crippen molar-refractivity contribution >= 4 is 27.5 Å². The van der Waals surface area contributed by atoms with Crippen LogP contribution in [0.2, 0.25) is 5.02 Å². The van der Waals surface area contributed by atoms with Crippen LogP contribution in [-0.4, -0.2) is 57.6 Å². The van der Waals surface area contributed by atoms with Gasteiger partial charge in [-0.2, -0.15) is 4.31 Å². The number of sulfonamides is 1. The summed E-state index contributed by atoms with van der Waals surface area (Å²) >= 11 is 6.09. The van der Waals surface area contributed by atoms with Crippen molar-refractivity contribution in [1.29, 1.82) is 0 Å². The topological polar surface area (TPSA) is 84.9 Å². The van der Waals surface area contributed by atoms with Crippen molar-refractivity contribution in [3.05, 3.63) is 23.2 Å². The number of carbonyl (C=O) groups excluding carboxylic acids is 1. The van der Waals surface area contributed by atoms with Crippen LogP contribution in [0.5, 0.6) is 5.75 Å². The number of rotatable bonds is 12. The number of halogens is 1. The third-order valence-electron chi connectivity index (χ3n) is 3.61. The van der Waals surface area contributed by atoms with E-state index >= 15 is 0 Å². The molecule has 1 aromatic rings. The molecule has 0 spiro atoms. The number of hydrogen-bond acceptors (Lipinski definition) is 5. The molecule has 27 heavy (non-hydrogen) atoms. The van der Waals surface area contributed by atoms with Gasteiger partial charge in [0.1, 0.15) is 5.75 Å². The molecule has 0 aromatic heterocycles. The third kappa shape index (κ3) is 7.65. The molecule has 0 aliphatic rings. The average Bonchev–Trinajstić information content (AvgIpc) is 2.60. The molecule has 0 radical (unpaired) electrons. The monoisotopic (exact) mass is 420 g/mol. The van der Waals surface area contributed by atoms with Crippen LogP contribution < -0.4 is 10.1 Å². The van der Waals surface area contributed by atoms with Gasteiger partial charge < -0.3 is 14.8 Å². The summed E-state index contributed by atoms with van der Waals surface area (Å²) in [5, 5.41) is 2.92. The molecule has 0 saturated carbocycles. The summed E-state index contributed by atoms with van der Waals surface area (Å²) in [6.07, 6.45) is 0.805. The minimum absolute atomic E-state index is 0.0240. The van der Waals surface area contributed by atoms with Gasteiger partial charge in [-0.25, -0.2) is 8.42 Å². The maximum absolute atomic E-state index is 12.8. The van der Waals surface area contributed by atoms with Gasteiger partial charge in [0.05, 0.1) is 29.2 Å². The predicted molar refractivity (Wildman–Crippen MR) is 106 cm³/mol. The van der Waals surface area contributed by atoms with Crippen molar-refractivity contribution in [3.63, 3.8) is 0 Å². The molecule has 154 valence electrons. The lowest BCUT2D eigenvalue weighted by Crippen LogP contribution is -2.41. The first-order valence-electron chi connectivity index (χ1n) is 9.03. The van der Waals surface area contributed by atoms with Crippen LogP contribution in [0.25, 0.3) is 0 Å². The van der Waals surface area contributed by atoms with Gasteiger partial charge >= 0.3 is 0 Å². The molecule has 0 aliphatic carbocycles. The maximum atomic E-state index is 12.8. The minimum atomic E-state index is -3.84. The molecule has 0 heterocycles. The highest BCUT2D eigenvalue weighted by Gasteiger charge is 2.26. The molecule has 7 nitrogen and oxygen atoms in total. The molecule has 0 saturated heterocycles. The van der Waals surface area contributed by atoms with Crippen LogP contribution in [0.3, 0.4) is 0 Å². The fraction of sp³-hybridized carbons (Fsp3) is 0.611. The van der Waals surface area contributed by atoms with Gasteiger partial charge in [-0.1, -0.05) is 18.5 Å². The van der Waals surface area contributed by atoms with E-state index in [1.807, 2.05) is 20.8 Å². The molecule has 0 aliphatic heterocycles. The van der Waals surface area contributed by atoms with Gasteiger partial charge in [-0.05, 0) is 45.4 Å². The SMILES string of the molecule is CCOc1ccc(S(=O)(=O)N(CC)CC(=O)NCCCOC(C)C)cc1Cl. The number of hydrogen-bond donors (Lipinski definition) is 1. The number of benzene rings is 1. The molecule has 0 unspecified atom stereocenters. The Morgan fingerprint density at radius 1 is 1.30 bits per heavy atom. The van der Waals surface area contributed by atoms with E-state index in [-0.39, 0.29) is 35.0 Å². The number of carbonyl (C=O) groups is 1. The van der Waals surface area contributed by atoms with Crippen LogP contribution in [-0.2, 0) is 19.6 Å². The summed E-state index contributed by atoms with van der Waals surface area (Å²) in [5.41, 5.74) is 0. The lowest BCUT2D eigenvalue weighted by atomic mass is 10.3. The van der Waals surface area contributed by atoms with Gasteiger partial charge in [0.15, 0.2) is 0 Å². The van der Waals surface area contributed by atoms with E-state index in [4.69, 9.17) is 21.1 Å². The number of nitrogens with one attached hydrogen (secondary N) is 1. The molecular weight excluding hydrogens is 392 g/mol. The highest BCUT2D eigenvalue weighted by molar-refractivity contribution is 7.89. The molecule has 0 fully saturated rings. The number of likely N-dealkylation sites (N-methyl/N-ethyl adjacent to an activating group) is 1. The van der Waals surface area contributed by atoms with E-state index in [0.29, 0.717) is 31.9 Å². The number of ether oxygens (including phenoxy) is 2. The zero-order valence-electron chi connectivity index (χ0n) is 16.3. The second-order valence-corrected chi connectivity index (χ2v) is 8.42. The quantitative estimate of drug-likeness (QED) is 0.525. The van der Waals surface area contributed by atoms with E-state index in [1.165, 1.54) is 18.2 Å². The second-order valence-electron chi connectivity index (χ2n) is 6.08. The summed E-state index contributed by atoms with van der Waals surface area (Å²) in [7, 11) is -3.84. The summed E-state index contributed by atoms with van der Waals surface area (Å²) in [6.45, 7) is 8.67. The standard InChI is InChI=1S/C18H29ClN2O5S/c1-5-21(13-18(22)20-10-7-11-26-14(3)4)27(23,24)15-8-9-17(25-6-2)16(19)12-15/h8-9,12,14H,5-7,10-11,13H2,1-4H3,(H,20,22). The first-order valence-corrected chi connectivity index (χ1v) is 10.8. The Kier molecular flexibility index (Phi) is 10.1. The summed E-state index contributed by atoms with van der Waals surface area (Å²) in [4.78, 5) is 12.1. The molecule has 1 rings (SSSR count). The molecule has 1 aromatic carbocycles. The number of amides is 1. The lowest BCUT2D eigenvalue weighted by molar-refractivity contribution is -0.121. The van der Waals surface area contributed by atoms with E-state index < -0.39 is 10.0 Å². The van der Waals surface area contributed by atoms with Crippen LogP contribution in [0.15, 0.2) is 23.1 Å². The predicted octanol–water partition coefficient (Wildman–Crippen LogP) is 2.68. The second kappa shape index (κ2) is 11.5. The van der Waals surface area contributed by atoms with Crippen molar-refractivity contribution in [3.8, 4) is 5.75 Å². The zero-order chi connectivity index (χ0) is 20.4. The van der Waals surface area contributed by atoms with Gasteiger partial charge in [-0.15, -0.1) is 0 Å². The molecule has 1 N–H and O–H groups in total. The molecule has 9 heteroatoms. The zero-order valence-corrected chi connectivity index (χ0v) is 17.9. The fourth-order valence-corrected chi connectivity index (χ4v) is 4.00. The molecule has 1 amide bonds. The Balaban J connectivity index is 2.70. The van der Waals surface area contributed by atoms with Crippen molar-refractivity contribution < 1.29 is 22.7 Å². The van der Waals surface area contributed by atoms with Crippen LogP contribution in [0.4, 0.5) is 0 Å². The van der Waals surface area contributed by atoms with E-state index in [0.717, 1.165) is 4.31 Å². The van der Waals surface area contributed by atoms with E-state index in [2.05, 4.69) is 5.32 Å². The Labute approximate surface area is 167 Å². The average molecular weight is 421 g/mol. The molecular formula is C18H29ClN2O5S.